The van der Waals surface area contributed by atoms with Crippen molar-refractivity contribution < 1.29 is 14.3 Å². The van der Waals surface area contributed by atoms with E-state index >= 15 is 0 Å². The number of halogens is 2. The first-order valence-corrected chi connectivity index (χ1v) is 7.86. The number of nitrogens with zero attached hydrogens (tertiary/aromatic N) is 1. The molecule has 0 aliphatic heterocycles. The normalized spacial score (nSPS) is 10.8. The highest BCUT2D eigenvalue weighted by Gasteiger charge is 2.08. The second-order valence-electron chi connectivity index (χ2n) is 5.15. The van der Waals surface area contributed by atoms with Crippen LogP contribution in [0.4, 0.5) is 0 Å². The van der Waals surface area contributed by atoms with Crippen molar-refractivity contribution in [1.29, 1.82) is 0 Å². The van der Waals surface area contributed by atoms with Crippen LogP contribution in [-0.4, -0.2) is 30.7 Å². The summed E-state index contributed by atoms with van der Waals surface area (Å²) < 4.78 is 5.26. The van der Waals surface area contributed by atoms with Crippen LogP contribution < -0.4 is 15.5 Å². The van der Waals surface area contributed by atoms with Crippen molar-refractivity contribution in [2.75, 3.05) is 13.2 Å². The summed E-state index contributed by atoms with van der Waals surface area (Å²) in [5.74, 6) is -0.557. The molecule has 8 heteroatoms. The number of nitrogens with one attached hydrogen (secondary N) is 2. The highest BCUT2D eigenvalue weighted by atomic mass is 35.5. The van der Waals surface area contributed by atoms with Crippen LogP contribution >= 0.6 is 23.2 Å². The SMILES string of the molecule is CC(C)=C/C(C)=N/NC(=O)CNC(=O)COc1ccc(Cl)cc1Cl. The van der Waals surface area contributed by atoms with E-state index in [0.717, 1.165) is 5.57 Å². The molecule has 0 aliphatic carbocycles. The van der Waals surface area contributed by atoms with Gasteiger partial charge in [0.1, 0.15) is 5.75 Å². The Morgan fingerprint density at radius 3 is 2.54 bits per heavy atom. The van der Waals surface area contributed by atoms with Gasteiger partial charge in [0.2, 0.25) is 0 Å². The predicted octanol–water partition coefficient (Wildman–Crippen LogP) is 2.95. The Balaban J connectivity index is 2.35. The van der Waals surface area contributed by atoms with Gasteiger partial charge in [0, 0.05) is 5.02 Å². The van der Waals surface area contributed by atoms with Gasteiger partial charge in [-0.2, -0.15) is 5.10 Å². The van der Waals surface area contributed by atoms with E-state index in [0.29, 0.717) is 21.5 Å². The molecule has 6 nitrogen and oxygen atoms in total. The summed E-state index contributed by atoms with van der Waals surface area (Å²) in [6.45, 7) is 5.13. The lowest BCUT2D eigenvalue weighted by Crippen LogP contribution is -2.37. The molecule has 1 rings (SSSR count). The number of rotatable bonds is 7. The highest BCUT2D eigenvalue weighted by Crippen LogP contribution is 2.27. The molecule has 2 amide bonds. The second-order valence-corrected chi connectivity index (χ2v) is 5.99. The zero-order chi connectivity index (χ0) is 18.1. The summed E-state index contributed by atoms with van der Waals surface area (Å²) in [4.78, 5) is 23.2. The minimum atomic E-state index is -0.457. The van der Waals surface area contributed by atoms with Gasteiger partial charge in [-0.25, -0.2) is 5.43 Å². The number of carbonyl (C=O) groups is 2. The molecule has 0 bridgehead atoms. The molecule has 0 atom stereocenters. The maximum Gasteiger partial charge on any atom is 0.259 e. The van der Waals surface area contributed by atoms with Gasteiger partial charge in [-0.3, -0.25) is 9.59 Å². The molecule has 0 saturated carbocycles. The number of hydrazone groups is 1. The number of hydrogen-bond acceptors (Lipinski definition) is 4. The van der Waals surface area contributed by atoms with Gasteiger partial charge < -0.3 is 10.1 Å². The summed E-state index contributed by atoms with van der Waals surface area (Å²) in [7, 11) is 0. The average Bonchev–Trinajstić information content (AvgIpc) is 2.49. The number of hydrogen-bond donors (Lipinski definition) is 2. The van der Waals surface area contributed by atoms with Crippen LogP contribution in [0.3, 0.4) is 0 Å². The minimum Gasteiger partial charge on any atom is -0.482 e. The van der Waals surface area contributed by atoms with Crippen molar-refractivity contribution in [3.05, 3.63) is 39.9 Å². The van der Waals surface area contributed by atoms with Crippen molar-refractivity contribution in [3.8, 4) is 5.75 Å². The van der Waals surface area contributed by atoms with Crippen LogP contribution in [0.15, 0.2) is 34.9 Å². The molecule has 0 aromatic heterocycles. The van der Waals surface area contributed by atoms with Gasteiger partial charge in [0.05, 0.1) is 17.3 Å². The summed E-state index contributed by atoms with van der Waals surface area (Å²) in [5.41, 5.74) is 4.07. The maximum absolute atomic E-state index is 11.7. The van der Waals surface area contributed by atoms with Gasteiger partial charge in [-0.1, -0.05) is 28.8 Å². The molecular formula is C16H19Cl2N3O3. The van der Waals surface area contributed by atoms with Gasteiger partial charge in [-0.05, 0) is 45.0 Å². The first kappa shape index (κ1) is 20.0. The minimum absolute atomic E-state index is 0.206. The van der Waals surface area contributed by atoms with Gasteiger partial charge in [0.15, 0.2) is 6.61 Å². The summed E-state index contributed by atoms with van der Waals surface area (Å²) in [6.07, 6.45) is 1.82. The fourth-order valence-electron chi connectivity index (χ4n) is 1.61. The van der Waals surface area contributed by atoms with E-state index in [-0.39, 0.29) is 13.2 Å². The van der Waals surface area contributed by atoms with Crippen molar-refractivity contribution in [3.63, 3.8) is 0 Å². The lowest BCUT2D eigenvalue weighted by atomic mass is 10.3. The van der Waals surface area contributed by atoms with Gasteiger partial charge in [0.25, 0.3) is 11.8 Å². The number of carbonyl (C=O) groups excluding carboxylic acids is 2. The van der Waals surface area contributed by atoms with E-state index in [9.17, 15) is 9.59 Å². The topological polar surface area (TPSA) is 79.8 Å². The van der Waals surface area contributed by atoms with E-state index in [1.165, 1.54) is 6.07 Å². The quantitative estimate of drug-likeness (QED) is 0.571. The summed E-state index contributed by atoms with van der Waals surface area (Å²) in [6, 6.07) is 4.67. The van der Waals surface area contributed by atoms with Crippen LogP contribution in [0.2, 0.25) is 10.0 Å². The fourth-order valence-corrected chi connectivity index (χ4v) is 2.07. The lowest BCUT2D eigenvalue weighted by molar-refractivity contribution is -0.127. The Kier molecular flexibility index (Phi) is 8.29. The molecule has 0 unspecified atom stereocenters. The van der Waals surface area contributed by atoms with Crippen LogP contribution in [0, 0.1) is 0 Å². The molecule has 0 aliphatic rings. The van der Waals surface area contributed by atoms with E-state index in [1.54, 1.807) is 19.1 Å². The van der Waals surface area contributed by atoms with Crippen molar-refractivity contribution in [2.24, 2.45) is 5.10 Å². The zero-order valence-electron chi connectivity index (χ0n) is 13.7. The van der Waals surface area contributed by atoms with Gasteiger partial charge >= 0.3 is 0 Å². The predicted molar refractivity (Wildman–Crippen MR) is 95.6 cm³/mol. The summed E-state index contributed by atoms with van der Waals surface area (Å²) in [5, 5.41) is 7.07. The molecule has 0 heterocycles. The van der Waals surface area contributed by atoms with Crippen molar-refractivity contribution in [2.45, 2.75) is 20.8 Å². The molecule has 0 saturated heterocycles. The Labute approximate surface area is 150 Å². The third kappa shape index (κ3) is 7.99. The molecule has 1 aromatic carbocycles. The fraction of sp³-hybridized carbons (Fsp3) is 0.312. The van der Waals surface area contributed by atoms with E-state index < -0.39 is 11.8 Å². The third-order valence-electron chi connectivity index (χ3n) is 2.55. The molecule has 0 fully saturated rings. The number of allylic oxidation sites excluding steroid dienone is 2. The number of amides is 2. The molecule has 2 N–H and O–H groups in total. The Bertz CT molecular complexity index is 669. The zero-order valence-corrected chi connectivity index (χ0v) is 15.2. The third-order valence-corrected chi connectivity index (χ3v) is 3.08. The van der Waals surface area contributed by atoms with Crippen molar-refractivity contribution in [1.82, 2.24) is 10.7 Å². The van der Waals surface area contributed by atoms with Crippen molar-refractivity contribution >= 4 is 40.7 Å². The molecule has 24 heavy (non-hydrogen) atoms. The van der Waals surface area contributed by atoms with Gasteiger partial charge in [-0.15, -0.1) is 0 Å². The number of benzene rings is 1. The molecular weight excluding hydrogens is 353 g/mol. The average molecular weight is 372 g/mol. The lowest BCUT2D eigenvalue weighted by Gasteiger charge is -2.08. The second kappa shape index (κ2) is 9.95. The Hall–Kier alpha value is -2.05. The van der Waals surface area contributed by atoms with E-state index in [2.05, 4.69) is 15.8 Å². The Morgan fingerprint density at radius 2 is 1.92 bits per heavy atom. The standard InChI is InChI=1S/C16H19Cl2N3O3/c1-10(2)6-11(3)20-21-15(22)8-19-16(23)9-24-14-5-4-12(17)7-13(14)18/h4-7H,8-9H2,1-3H3,(H,19,23)(H,21,22)/b20-11+. The first-order valence-electron chi connectivity index (χ1n) is 7.10. The molecule has 130 valence electrons. The molecule has 0 spiro atoms. The molecule has 1 aromatic rings. The van der Waals surface area contributed by atoms with E-state index in [1.807, 2.05) is 19.9 Å². The van der Waals surface area contributed by atoms with E-state index in [4.69, 9.17) is 27.9 Å². The van der Waals surface area contributed by atoms with Crippen LogP contribution in [0.1, 0.15) is 20.8 Å². The smallest absolute Gasteiger partial charge is 0.259 e. The number of ether oxygens (including phenoxy) is 1. The Morgan fingerprint density at radius 1 is 1.21 bits per heavy atom. The largest absolute Gasteiger partial charge is 0.482 e. The van der Waals surface area contributed by atoms with Crippen LogP contribution in [-0.2, 0) is 9.59 Å². The highest BCUT2D eigenvalue weighted by molar-refractivity contribution is 6.35. The monoisotopic (exact) mass is 371 g/mol. The van der Waals surface area contributed by atoms with Crippen LogP contribution in [0.25, 0.3) is 0 Å². The molecule has 0 radical (unpaired) electrons. The van der Waals surface area contributed by atoms with Crippen LogP contribution in [0.5, 0.6) is 5.75 Å². The first-order chi connectivity index (χ1) is 11.3. The maximum atomic E-state index is 11.7. The summed E-state index contributed by atoms with van der Waals surface area (Å²) >= 11 is 11.7.